The summed E-state index contributed by atoms with van der Waals surface area (Å²) in [4.78, 5) is 14.2. The molecule has 1 aliphatic carbocycles. The molecule has 0 spiro atoms. The van der Waals surface area contributed by atoms with E-state index in [9.17, 15) is 4.79 Å². The monoisotopic (exact) mass is 225 g/mol. The molecule has 1 amide bonds. The van der Waals surface area contributed by atoms with Crippen LogP contribution in [0.4, 0.5) is 0 Å². The van der Waals surface area contributed by atoms with E-state index in [0.717, 1.165) is 32.4 Å². The van der Waals surface area contributed by atoms with Crippen molar-refractivity contribution < 1.29 is 9.90 Å². The van der Waals surface area contributed by atoms with Crippen LogP contribution in [0.1, 0.15) is 39.0 Å². The number of aliphatic hydroxyl groups is 1. The maximum atomic E-state index is 12.3. The topological polar surface area (TPSA) is 40.5 Å². The van der Waals surface area contributed by atoms with E-state index in [2.05, 4.69) is 6.92 Å². The number of amides is 1. The fourth-order valence-electron chi connectivity index (χ4n) is 3.10. The van der Waals surface area contributed by atoms with Crippen molar-refractivity contribution in [3.63, 3.8) is 0 Å². The van der Waals surface area contributed by atoms with E-state index in [1.165, 1.54) is 12.8 Å². The Balaban J connectivity index is 1.87. The summed E-state index contributed by atoms with van der Waals surface area (Å²) in [5.41, 5.74) is 0. The van der Waals surface area contributed by atoms with Gasteiger partial charge in [0.2, 0.25) is 5.91 Å². The van der Waals surface area contributed by atoms with Gasteiger partial charge in [0.15, 0.2) is 0 Å². The van der Waals surface area contributed by atoms with Gasteiger partial charge in [-0.2, -0.15) is 0 Å². The van der Waals surface area contributed by atoms with Crippen LogP contribution in [0, 0.1) is 17.8 Å². The lowest BCUT2D eigenvalue weighted by Crippen LogP contribution is -2.36. The summed E-state index contributed by atoms with van der Waals surface area (Å²) < 4.78 is 0. The molecule has 0 bridgehead atoms. The zero-order valence-corrected chi connectivity index (χ0v) is 10.2. The zero-order chi connectivity index (χ0) is 11.5. The lowest BCUT2D eigenvalue weighted by molar-refractivity contribution is -0.136. The van der Waals surface area contributed by atoms with Gasteiger partial charge in [-0.25, -0.2) is 0 Å². The summed E-state index contributed by atoms with van der Waals surface area (Å²) in [7, 11) is 0. The van der Waals surface area contributed by atoms with E-state index in [4.69, 9.17) is 5.11 Å². The largest absolute Gasteiger partial charge is 0.396 e. The molecule has 1 saturated carbocycles. The molecular formula is C13H23NO2. The first-order chi connectivity index (χ1) is 7.70. The first-order valence-electron chi connectivity index (χ1n) is 6.60. The smallest absolute Gasteiger partial charge is 0.225 e. The van der Waals surface area contributed by atoms with Gasteiger partial charge in [-0.3, -0.25) is 4.79 Å². The first-order valence-corrected chi connectivity index (χ1v) is 6.60. The summed E-state index contributed by atoms with van der Waals surface area (Å²) in [6.07, 6.45) is 5.60. The van der Waals surface area contributed by atoms with Crippen LogP contribution < -0.4 is 0 Å². The Bertz CT molecular complexity index is 254. The molecule has 3 atom stereocenters. The number of rotatable bonds is 2. The van der Waals surface area contributed by atoms with Crippen LogP contribution in [0.25, 0.3) is 0 Å². The van der Waals surface area contributed by atoms with E-state index in [1.807, 2.05) is 4.90 Å². The molecule has 0 aromatic heterocycles. The number of carbonyl (C=O) groups excluding carboxylic acids is 1. The number of aliphatic hydroxyl groups excluding tert-OH is 1. The lowest BCUT2D eigenvalue weighted by atomic mass is 9.82. The molecule has 1 heterocycles. The standard InChI is InChI=1S/C13H23NO2/c1-10-3-2-4-12(7-10)13(16)14-6-5-11(8-14)9-15/h10-12,15H,2-9H2,1H3. The highest BCUT2D eigenvalue weighted by molar-refractivity contribution is 5.79. The third-order valence-corrected chi connectivity index (χ3v) is 4.14. The quantitative estimate of drug-likeness (QED) is 0.776. The van der Waals surface area contributed by atoms with Gasteiger partial charge >= 0.3 is 0 Å². The fourth-order valence-corrected chi connectivity index (χ4v) is 3.10. The Kier molecular flexibility index (Phi) is 3.85. The number of nitrogens with zero attached hydrogens (tertiary/aromatic N) is 1. The number of hydrogen-bond acceptors (Lipinski definition) is 2. The Hall–Kier alpha value is -0.570. The average Bonchev–Trinajstić information content (AvgIpc) is 2.76. The summed E-state index contributed by atoms with van der Waals surface area (Å²) in [5.74, 6) is 1.65. The number of hydrogen-bond donors (Lipinski definition) is 1. The van der Waals surface area contributed by atoms with E-state index < -0.39 is 0 Å². The molecule has 3 unspecified atom stereocenters. The van der Waals surface area contributed by atoms with Crippen LogP contribution in [-0.2, 0) is 4.79 Å². The molecule has 0 aromatic carbocycles. The predicted molar refractivity (Wildman–Crippen MR) is 62.9 cm³/mol. The van der Waals surface area contributed by atoms with E-state index >= 15 is 0 Å². The lowest BCUT2D eigenvalue weighted by Gasteiger charge is -2.29. The van der Waals surface area contributed by atoms with Crippen molar-refractivity contribution in [2.75, 3.05) is 19.7 Å². The second-order valence-corrected chi connectivity index (χ2v) is 5.59. The molecule has 2 fully saturated rings. The molecule has 0 radical (unpaired) electrons. The van der Waals surface area contributed by atoms with E-state index in [-0.39, 0.29) is 12.5 Å². The van der Waals surface area contributed by atoms with Gasteiger partial charge in [0.1, 0.15) is 0 Å². The van der Waals surface area contributed by atoms with Crippen LogP contribution >= 0.6 is 0 Å². The summed E-state index contributed by atoms with van der Waals surface area (Å²) in [5, 5.41) is 9.08. The first kappa shape index (κ1) is 11.9. The van der Waals surface area contributed by atoms with Crippen molar-refractivity contribution in [1.82, 2.24) is 4.90 Å². The fraction of sp³-hybridized carbons (Fsp3) is 0.923. The van der Waals surface area contributed by atoms with Crippen LogP contribution in [-0.4, -0.2) is 35.6 Å². The molecule has 0 aromatic rings. The summed E-state index contributed by atoms with van der Waals surface area (Å²) >= 11 is 0. The summed E-state index contributed by atoms with van der Waals surface area (Å²) in [6, 6.07) is 0. The molecule has 2 rings (SSSR count). The summed E-state index contributed by atoms with van der Waals surface area (Å²) in [6.45, 7) is 4.11. The van der Waals surface area contributed by atoms with Gasteiger partial charge in [0.05, 0.1) is 0 Å². The van der Waals surface area contributed by atoms with Gasteiger partial charge in [0, 0.05) is 31.5 Å². The molecule has 1 N–H and O–H groups in total. The third-order valence-electron chi connectivity index (χ3n) is 4.14. The van der Waals surface area contributed by atoms with Crippen molar-refractivity contribution in [2.45, 2.75) is 39.0 Å². The van der Waals surface area contributed by atoms with Crippen molar-refractivity contribution >= 4 is 5.91 Å². The van der Waals surface area contributed by atoms with Crippen LogP contribution in [0.15, 0.2) is 0 Å². The molecule has 1 saturated heterocycles. The Labute approximate surface area is 97.8 Å². The molecule has 3 heteroatoms. The molecule has 16 heavy (non-hydrogen) atoms. The molecule has 3 nitrogen and oxygen atoms in total. The molecule has 2 aliphatic rings. The second kappa shape index (κ2) is 5.17. The van der Waals surface area contributed by atoms with Crippen LogP contribution in [0.2, 0.25) is 0 Å². The van der Waals surface area contributed by atoms with Gasteiger partial charge in [-0.05, 0) is 25.2 Å². The second-order valence-electron chi connectivity index (χ2n) is 5.59. The highest BCUT2D eigenvalue weighted by atomic mass is 16.3. The van der Waals surface area contributed by atoms with Crippen LogP contribution in [0.5, 0.6) is 0 Å². The maximum Gasteiger partial charge on any atom is 0.225 e. The van der Waals surface area contributed by atoms with Gasteiger partial charge in [-0.15, -0.1) is 0 Å². The maximum absolute atomic E-state index is 12.3. The molecule has 92 valence electrons. The van der Waals surface area contributed by atoms with Gasteiger partial charge in [-0.1, -0.05) is 19.8 Å². The minimum absolute atomic E-state index is 0.227. The van der Waals surface area contributed by atoms with Gasteiger partial charge in [0.25, 0.3) is 0 Å². The van der Waals surface area contributed by atoms with E-state index in [1.54, 1.807) is 0 Å². The number of carbonyl (C=O) groups is 1. The Morgan fingerprint density at radius 1 is 1.38 bits per heavy atom. The minimum atomic E-state index is 0.227. The predicted octanol–water partition coefficient (Wildman–Crippen LogP) is 1.65. The third kappa shape index (κ3) is 2.57. The Morgan fingerprint density at radius 2 is 2.19 bits per heavy atom. The molecular weight excluding hydrogens is 202 g/mol. The zero-order valence-electron chi connectivity index (χ0n) is 10.2. The average molecular weight is 225 g/mol. The van der Waals surface area contributed by atoms with Crippen molar-refractivity contribution in [3.8, 4) is 0 Å². The van der Waals surface area contributed by atoms with Crippen molar-refractivity contribution in [2.24, 2.45) is 17.8 Å². The van der Waals surface area contributed by atoms with E-state index in [0.29, 0.717) is 17.7 Å². The van der Waals surface area contributed by atoms with Crippen molar-refractivity contribution in [1.29, 1.82) is 0 Å². The van der Waals surface area contributed by atoms with Crippen molar-refractivity contribution in [3.05, 3.63) is 0 Å². The number of likely N-dealkylation sites (tertiary alicyclic amines) is 1. The Morgan fingerprint density at radius 3 is 2.81 bits per heavy atom. The van der Waals surface area contributed by atoms with Gasteiger partial charge < -0.3 is 10.0 Å². The minimum Gasteiger partial charge on any atom is -0.396 e. The molecule has 1 aliphatic heterocycles. The highest BCUT2D eigenvalue weighted by Gasteiger charge is 2.32. The SMILES string of the molecule is CC1CCCC(C(=O)N2CCC(CO)C2)C1. The normalized spacial score (nSPS) is 35.4. The highest BCUT2D eigenvalue weighted by Crippen LogP contribution is 2.31. The van der Waals surface area contributed by atoms with Crippen LogP contribution in [0.3, 0.4) is 0 Å².